The predicted octanol–water partition coefficient (Wildman–Crippen LogP) is 1.51. The summed E-state index contributed by atoms with van der Waals surface area (Å²) in [5.74, 6) is 0.466. The second-order valence-corrected chi connectivity index (χ2v) is 3.69. The molecule has 2 rings (SSSR count). The monoisotopic (exact) mass is 235 g/mol. The van der Waals surface area contributed by atoms with Crippen LogP contribution in [0, 0.1) is 12.3 Å². The number of hydrogen-bond acceptors (Lipinski definition) is 3. The van der Waals surface area contributed by atoms with Crippen molar-refractivity contribution in [2.75, 3.05) is 0 Å². The number of amidine groups is 1. The van der Waals surface area contributed by atoms with E-state index in [2.05, 4.69) is 10.1 Å². The van der Waals surface area contributed by atoms with E-state index in [1.807, 2.05) is 6.92 Å². The molecule has 2 aromatic rings. The Balaban J connectivity index is 2.64. The Morgan fingerprint density at radius 1 is 1.56 bits per heavy atom. The van der Waals surface area contributed by atoms with Crippen LogP contribution < -0.4 is 5.73 Å². The molecule has 2 aromatic heterocycles. The predicted molar refractivity (Wildman–Crippen MR) is 62.1 cm³/mol. The summed E-state index contributed by atoms with van der Waals surface area (Å²) in [4.78, 5) is 4.17. The summed E-state index contributed by atoms with van der Waals surface area (Å²) in [5.41, 5.74) is 6.78. The first-order valence-electron chi connectivity index (χ1n) is 4.61. The first-order chi connectivity index (χ1) is 7.61. The van der Waals surface area contributed by atoms with Gasteiger partial charge in [-0.05, 0) is 19.1 Å². The first-order valence-corrected chi connectivity index (χ1v) is 4.99. The van der Waals surface area contributed by atoms with E-state index < -0.39 is 0 Å². The molecule has 0 atom stereocenters. The van der Waals surface area contributed by atoms with Gasteiger partial charge in [0, 0.05) is 6.20 Å². The Kier molecular flexibility index (Phi) is 2.62. The van der Waals surface area contributed by atoms with Crippen LogP contribution in [0.4, 0.5) is 0 Å². The first kappa shape index (κ1) is 10.6. The van der Waals surface area contributed by atoms with Crippen molar-refractivity contribution in [3.05, 3.63) is 40.8 Å². The molecule has 16 heavy (non-hydrogen) atoms. The van der Waals surface area contributed by atoms with Crippen LogP contribution in [0.2, 0.25) is 5.02 Å². The maximum Gasteiger partial charge on any atom is 0.164 e. The van der Waals surface area contributed by atoms with E-state index in [9.17, 15) is 0 Å². The summed E-state index contributed by atoms with van der Waals surface area (Å²) in [7, 11) is 0. The van der Waals surface area contributed by atoms with Crippen LogP contribution in [0.1, 0.15) is 11.3 Å². The van der Waals surface area contributed by atoms with E-state index in [1.54, 1.807) is 23.0 Å². The maximum atomic E-state index is 7.47. The summed E-state index contributed by atoms with van der Waals surface area (Å²) in [6.45, 7) is 1.83. The summed E-state index contributed by atoms with van der Waals surface area (Å²) >= 11 is 5.92. The lowest BCUT2D eigenvalue weighted by atomic mass is 10.2. The Labute approximate surface area is 97.4 Å². The van der Waals surface area contributed by atoms with Crippen LogP contribution in [-0.2, 0) is 0 Å². The zero-order valence-corrected chi connectivity index (χ0v) is 9.36. The fraction of sp³-hybridized carbons (Fsp3) is 0.100. The van der Waals surface area contributed by atoms with E-state index in [1.165, 1.54) is 6.20 Å². The minimum atomic E-state index is -0.0471. The van der Waals surface area contributed by atoms with Gasteiger partial charge in [0.2, 0.25) is 0 Å². The summed E-state index contributed by atoms with van der Waals surface area (Å²) in [5, 5.41) is 12.1. The van der Waals surface area contributed by atoms with Crippen LogP contribution in [-0.4, -0.2) is 20.6 Å². The van der Waals surface area contributed by atoms with Gasteiger partial charge in [0.1, 0.15) is 5.84 Å². The highest BCUT2D eigenvalue weighted by Crippen LogP contribution is 2.18. The number of halogens is 1. The summed E-state index contributed by atoms with van der Waals surface area (Å²) in [6, 6.07) is 3.44. The van der Waals surface area contributed by atoms with E-state index in [0.29, 0.717) is 16.4 Å². The molecule has 82 valence electrons. The molecule has 0 fully saturated rings. The minimum Gasteiger partial charge on any atom is -0.384 e. The molecule has 0 bridgehead atoms. The molecular formula is C10H10ClN5. The molecule has 0 aliphatic carbocycles. The van der Waals surface area contributed by atoms with Crippen molar-refractivity contribution in [1.29, 1.82) is 5.41 Å². The number of hydrogen-bond donors (Lipinski definition) is 2. The average Bonchev–Trinajstić information content (AvgIpc) is 2.60. The second-order valence-electron chi connectivity index (χ2n) is 3.28. The lowest BCUT2D eigenvalue weighted by Crippen LogP contribution is -2.16. The second kappa shape index (κ2) is 3.94. The van der Waals surface area contributed by atoms with E-state index in [0.717, 1.165) is 5.69 Å². The van der Waals surface area contributed by atoms with Gasteiger partial charge in [0.05, 0.1) is 22.5 Å². The van der Waals surface area contributed by atoms with Gasteiger partial charge in [-0.25, -0.2) is 9.67 Å². The number of nitrogens with two attached hydrogens (primary N) is 1. The van der Waals surface area contributed by atoms with Gasteiger partial charge in [-0.15, -0.1) is 0 Å². The fourth-order valence-corrected chi connectivity index (χ4v) is 1.50. The van der Waals surface area contributed by atoms with Crippen molar-refractivity contribution in [1.82, 2.24) is 14.8 Å². The topological polar surface area (TPSA) is 80.6 Å². The summed E-state index contributed by atoms with van der Waals surface area (Å²) in [6.07, 6.45) is 3.16. The lowest BCUT2D eigenvalue weighted by molar-refractivity contribution is 0.815. The number of nitrogens with one attached hydrogen (secondary N) is 1. The Morgan fingerprint density at radius 2 is 2.31 bits per heavy atom. The molecule has 0 aromatic carbocycles. The van der Waals surface area contributed by atoms with Gasteiger partial charge in [-0.3, -0.25) is 5.41 Å². The Hall–Kier alpha value is -1.88. The highest BCUT2D eigenvalue weighted by Gasteiger charge is 2.12. The molecule has 0 aliphatic rings. The molecule has 5 nitrogen and oxygen atoms in total. The molecule has 0 amide bonds. The number of nitrogen functional groups attached to an aromatic ring is 1. The quantitative estimate of drug-likeness (QED) is 0.612. The van der Waals surface area contributed by atoms with Crippen LogP contribution in [0.25, 0.3) is 5.82 Å². The molecule has 0 unspecified atom stereocenters. The number of nitrogens with zero attached hydrogens (tertiary/aromatic N) is 3. The smallest absolute Gasteiger partial charge is 0.164 e. The lowest BCUT2D eigenvalue weighted by Gasteiger charge is -2.08. The maximum absolute atomic E-state index is 7.47. The van der Waals surface area contributed by atoms with Crippen molar-refractivity contribution in [3.63, 3.8) is 0 Å². The van der Waals surface area contributed by atoms with Crippen LogP contribution >= 0.6 is 11.6 Å². The molecular weight excluding hydrogens is 226 g/mol. The van der Waals surface area contributed by atoms with Gasteiger partial charge in [0.25, 0.3) is 0 Å². The molecule has 0 aliphatic heterocycles. The van der Waals surface area contributed by atoms with E-state index in [4.69, 9.17) is 22.7 Å². The number of aromatic nitrogens is 3. The number of pyridine rings is 1. The highest BCUT2D eigenvalue weighted by atomic mass is 35.5. The minimum absolute atomic E-state index is 0.0471. The van der Waals surface area contributed by atoms with Crippen LogP contribution in [0.3, 0.4) is 0 Å². The third-order valence-electron chi connectivity index (χ3n) is 2.23. The fourth-order valence-electron chi connectivity index (χ4n) is 1.38. The van der Waals surface area contributed by atoms with Gasteiger partial charge in [0.15, 0.2) is 5.82 Å². The molecule has 0 saturated heterocycles. The Morgan fingerprint density at radius 3 is 2.88 bits per heavy atom. The van der Waals surface area contributed by atoms with Crippen molar-refractivity contribution in [3.8, 4) is 5.82 Å². The van der Waals surface area contributed by atoms with Gasteiger partial charge >= 0.3 is 0 Å². The highest BCUT2D eigenvalue weighted by molar-refractivity contribution is 6.31. The molecule has 0 saturated carbocycles. The molecule has 6 heteroatoms. The van der Waals surface area contributed by atoms with Crippen molar-refractivity contribution >= 4 is 17.4 Å². The van der Waals surface area contributed by atoms with Crippen molar-refractivity contribution in [2.45, 2.75) is 6.92 Å². The van der Waals surface area contributed by atoms with Crippen molar-refractivity contribution in [2.24, 2.45) is 5.73 Å². The Bertz CT molecular complexity index is 546. The SMILES string of the molecule is Cc1c(Cl)cnn1-c1ncccc1C(=N)N. The zero-order chi connectivity index (χ0) is 11.7. The normalized spacial score (nSPS) is 10.4. The average molecular weight is 236 g/mol. The molecule has 0 spiro atoms. The largest absolute Gasteiger partial charge is 0.384 e. The standard InChI is InChI=1S/C10H10ClN5/c1-6-8(11)5-15-16(6)10-7(9(12)13)3-2-4-14-10/h2-5H,1H3,(H3,12,13). The van der Waals surface area contributed by atoms with Crippen molar-refractivity contribution < 1.29 is 0 Å². The van der Waals surface area contributed by atoms with Gasteiger partial charge in [-0.2, -0.15) is 5.10 Å². The van der Waals surface area contributed by atoms with Gasteiger partial charge in [-0.1, -0.05) is 11.6 Å². The van der Waals surface area contributed by atoms with Crippen LogP contribution in [0.5, 0.6) is 0 Å². The zero-order valence-electron chi connectivity index (χ0n) is 8.61. The molecule has 2 heterocycles. The molecule has 0 radical (unpaired) electrons. The third-order valence-corrected chi connectivity index (χ3v) is 2.60. The van der Waals surface area contributed by atoms with E-state index in [-0.39, 0.29) is 5.84 Å². The number of rotatable bonds is 2. The van der Waals surface area contributed by atoms with Crippen LogP contribution in [0.15, 0.2) is 24.5 Å². The van der Waals surface area contributed by atoms with Gasteiger partial charge < -0.3 is 5.73 Å². The molecule has 3 N–H and O–H groups in total. The third kappa shape index (κ3) is 1.65. The van der Waals surface area contributed by atoms with E-state index >= 15 is 0 Å². The summed E-state index contributed by atoms with van der Waals surface area (Å²) < 4.78 is 1.57.